The van der Waals surface area contributed by atoms with Crippen LogP contribution in [0.25, 0.3) is 0 Å². The standard InChI is InChI=1S/C17H33NO3/c1-5-7-8-9-10-11-12-13-14-18-15(3)20-16(4)21-17(19)6-2/h6,15-16,18H,2,5,7-14H2,1,3-4H3. The second kappa shape index (κ2) is 14.1. The Morgan fingerprint density at radius 1 is 1.10 bits per heavy atom. The molecule has 0 aliphatic rings. The van der Waals surface area contributed by atoms with Gasteiger partial charge in [-0.25, -0.2) is 4.79 Å². The Labute approximate surface area is 130 Å². The van der Waals surface area contributed by atoms with Crippen LogP contribution < -0.4 is 5.32 Å². The van der Waals surface area contributed by atoms with Crippen LogP contribution in [0.15, 0.2) is 12.7 Å². The second-order valence-corrected chi connectivity index (χ2v) is 5.42. The van der Waals surface area contributed by atoms with Gasteiger partial charge in [0, 0.05) is 6.08 Å². The van der Waals surface area contributed by atoms with E-state index in [9.17, 15) is 4.79 Å². The first-order chi connectivity index (χ1) is 10.1. The summed E-state index contributed by atoms with van der Waals surface area (Å²) in [6.07, 6.45) is 10.9. The van der Waals surface area contributed by atoms with Crippen molar-refractivity contribution < 1.29 is 14.3 Å². The van der Waals surface area contributed by atoms with Crippen LogP contribution >= 0.6 is 0 Å². The van der Waals surface area contributed by atoms with E-state index in [1.165, 1.54) is 44.9 Å². The van der Waals surface area contributed by atoms with Crippen molar-refractivity contribution in [2.45, 2.75) is 84.7 Å². The van der Waals surface area contributed by atoms with Crippen molar-refractivity contribution in [2.24, 2.45) is 0 Å². The van der Waals surface area contributed by atoms with Gasteiger partial charge in [-0.15, -0.1) is 0 Å². The third kappa shape index (κ3) is 13.9. The van der Waals surface area contributed by atoms with Gasteiger partial charge in [-0.05, 0) is 26.8 Å². The van der Waals surface area contributed by atoms with Crippen LogP contribution in [0.4, 0.5) is 0 Å². The molecule has 2 atom stereocenters. The Morgan fingerprint density at radius 2 is 1.67 bits per heavy atom. The van der Waals surface area contributed by atoms with Gasteiger partial charge in [0.2, 0.25) is 6.29 Å². The minimum atomic E-state index is -0.559. The molecule has 21 heavy (non-hydrogen) atoms. The van der Waals surface area contributed by atoms with Crippen molar-refractivity contribution in [3.8, 4) is 0 Å². The number of nitrogens with one attached hydrogen (secondary N) is 1. The van der Waals surface area contributed by atoms with Gasteiger partial charge in [-0.2, -0.15) is 0 Å². The second-order valence-electron chi connectivity index (χ2n) is 5.42. The third-order valence-corrected chi connectivity index (χ3v) is 3.31. The quantitative estimate of drug-likeness (QED) is 0.226. The van der Waals surface area contributed by atoms with Crippen molar-refractivity contribution in [2.75, 3.05) is 6.54 Å². The number of esters is 1. The number of ether oxygens (including phenoxy) is 2. The van der Waals surface area contributed by atoms with Crippen LogP contribution in [-0.4, -0.2) is 25.0 Å². The van der Waals surface area contributed by atoms with Gasteiger partial charge >= 0.3 is 5.97 Å². The predicted octanol–water partition coefficient (Wildman–Crippen LogP) is 4.15. The highest BCUT2D eigenvalue weighted by Crippen LogP contribution is 2.08. The molecule has 0 aromatic rings. The maximum atomic E-state index is 11.0. The number of hydrogen-bond acceptors (Lipinski definition) is 4. The summed E-state index contributed by atoms with van der Waals surface area (Å²) >= 11 is 0. The van der Waals surface area contributed by atoms with E-state index in [1.807, 2.05) is 6.92 Å². The molecule has 4 heteroatoms. The summed E-state index contributed by atoms with van der Waals surface area (Å²) in [7, 11) is 0. The molecule has 0 spiro atoms. The normalized spacial score (nSPS) is 13.7. The zero-order valence-corrected chi connectivity index (χ0v) is 14.0. The minimum absolute atomic E-state index is 0.123. The summed E-state index contributed by atoms with van der Waals surface area (Å²) in [5.41, 5.74) is 0. The molecule has 0 bridgehead atoms. The van der Waals surface area contributed by atoms with Crippen LogP contribution in [0.2, 0.25) is 0 Å². The van der Waals surface area contributed by atoms with Gasteiger partial charge in [0.05, 0.1) is 0 Å². The lowest BCUT2D eigenvalue weighted by Crippen LogP contribution is -2.34. The molecule has 0 aromatic heterocycles. The fraction of sp³-hybridized carbons (Fsp3) is 0.824. The van der Waals surface area contributed by atoms with Crippen molar-refractivity contribution in [3.63, 3.8) is 0 Å². The van der Waals surface area contributed by atoms with E-state index < -0.39 is 12.3 Å². The highest BCUT2D eigenvalue weighted by molar-refractivity contribution is 5.81. The number of carbonyl (C=O) groups excluding carboxylic acids is 1. The summed E-state index contributed by atoms with van der Waals surface area (Å²) in [4.78, 5) is 11.0. The number of hydrogen-bond donors (Lipinski definition) is 1. The van der Waals surface area contributed by atoms with Crippen LogP contribution in [0.5, 0.6) is 0 Å². The van der Waals surface area contributed by atoms with Crippen molar-refractivity contribution in [1.29, 1.82) is 0 Å². The highest BCUT2D eigenvalue weighted by Gasteiger charge is 2.10. The fourth-order valence-corrected chi connectivity index (χ4v) is 2.14. The molecule has 0 radical (unpaired) electrons. The average Bonchev–Trinajstić information content (AvgIpc) is 2.45. The number of rotatable bonds is 14. The summed E-state index contributed by atoms with van der Waals surface area (Å²) in [6, 6.07) is 0. The Balaban J connectivity index is 3.39. The topological polar surface area (TPSA) is 47.6 Å². The van der Waals surface area contributed by atoms with Gasteiger partial charge in [-0.1, -0.05) is 58.4 Å². The molecule has 0 fully saturated rings. The van der Waals surface area contributed by atoms with E-state index in [2.05, 4.69) is 18.8 Å². The molecule has 2 unspecified atom stereocenters. The summed E-state index contributed by atoms with van der Waals surface area (Å²) in [6.45, 7) is 10.1. The van der Waals surface area contributed by atoms with Crippen LogP contribution in [0, 0.1) is 0 Å². The molecular weight excluding hydrogens is 266 g/mol. The first-order valence-electron chi connectivity index (χ1n) is 8.32. The molecule has 0 saturated heterocycles. The maximum Gasteiger partial charge on any atom is 0.332 e. The number of unbranched alkanes of at least 4 members (excludes halogenated alkanes) is 7. The highest BCUT2D eigenvalue weighted by atomic mass is 16.7. The fourth-order valence-electron chi connectivity index (χ4n) is 2.14. The summed E-state index contributed by atoms with van der Waals surface area (Å²) in [5.74, 6) is -0.460. The van der Waals surface area contributed by atoms with Gasteiger partial charge in [0.1, 0.15) is 6.23 Å². The lowest BCUT2D eigenvalue weighted by atomic mass is 10.1. The zero-order chi connectivity index (χ0) is 15.9. The van der Waals surface area contributed by atoms with Crippen LogP contribution in [-0.2, 0) is 14.3 Å². The number of carbonyl (C=O) groups is 1. The summed E-state index contributed by atoms with van der Waals surface area (Å²) in [5, 5.41) is 3.28. The van der Waals surface area contributed by atoms with E-state index in [-0.39, 0.29) is 6.23 Å². The molecular formula is C17H33NO3. The third-order valence-electron chi connectivity index (χ3n) is 3.31. The van der Waals surface area contributed by atoms with Gasteiger partial charge < -0.3 is 9.47 Å². The van der Waals surface area contributed by atoms with Crippen molar-refractivity contribution in [3.05, 3.63) is 12.7 Å². The molecule has 0 aromatic carbocycles. The Morgan fingerprint density at radius 3 is 2.24 bits per heavy atom. The SMILES string of the molecule is C=CC(=O)OC(C)OC(C)NCCCCCCCCCC. The van der Waals surface area contributed by atoms with Crippen molar-refractivity contribution in [1.82, 2.24) is 5.32 Å². The lowest BCUT2D eigenvalue weighted by molar-refractivity contribution is -0.180. The molecule has 0 aliphatic carbocycles. The van der Waals surface area contributed by atoms with Crippen LogP contribution in [0.3, 0.4) is 0 Å². The van der Waals surface area contributed by atoms with E-state index in [0.29, 0.717) is 0 Å². The molecule has 4 nitrogen and oxygen atoms in total. The largest absolute Gasteiger partial charge is 0.433 e. The van der Waals surface area contributed by atoms with E-state index >= 15 is 0 Å². The Kier molecular flexibility index (Phi) is 13.5. The van der Waals surface area contributed by atoms with Crippen LogP contribution in [0.1, 0.15) is 72.1 Å². The molecule has 0 rings (SSSR count). The molecule has 0 saturated carbocycles. The van der Waals surface area contributed by atoms with Crippen molar-refractivity contribution >= 4 is 5.97 Å². The Hall–Kier alpha value is -0.870. The van der Waals surface area contributed by atoms with E-state index in [1.54, 1.807) is 6.92 Å². The van der Waals surface area contributed by atoms with Gasteiger partial charge in [0.15, 0.2) is 0 Å². The first-order valence-corrected chi connectivity index (χ1v) is 8.32. The predicted molar refractivity (Wildman–Crippen MR) is 86.9 cm³/mol. The average molecular weight is 299 g/mol. The minimum Gasteiger partial charge on any atom is -0.433 e. The van der Waals surface area contributed by atoms with E-state index in [0.717, 1.165) is 19.0 Å². The smallest absolute Gasteiger partial charge is 0.332 e. The van der Waals surface area contributed by atoms with E-state index in [4.69, 9.17) is 9.47 Å². The monoisotopic (exact) mass is 299 g/mol. The molecule has 0 heterocycles. The first kappa shape index (κ1) is 20.1. The van der Waals surface area contributed by atoms with Gasteiger partial charge in [0.25, 0.3) is 0 Å². The lowest BCUT2D eigenvalue weighted by Gasteiger charge is -2.19. The maximum absolute atomic E-state index is 11.0. The van der Waals surface area contributed by atoms with Gasteiger partial charge in [-0.3, -0.25) is 5.32 Å². The Bertz CT molecular complexity index is 269. The molecule has 0 aliphatic heterocycles. The molecule has 0 amide bonds. The molecule has 124 valence electrons. The summed E-state index contributed by atoms with van der Waals surface area (Å²) < 4.78 is 10.4. The zero-order valence-electron chi connectivity index (χ0n) is 14.0. The molecule has 1 N–H and O–H groups in total.